The second-order valence-electron chi connectivity index (χ2n) is 7.04. The first kappa shape index (κ1) is 20.6. The van der Waals surface area contributed by atoms with Gasteiger partial charge in [-0.15, -0.1) is 11.3 Å². The summed E-state index contributed by atoms with van der Waals surface area (Å²) >= 11 is 7.53. The van der Waals surface area contributed by atoms with E-state index in [0.717, 1.165) is 24.0 Å². The van der Waals surface area contributed by atoms with Crippen LogP contribution in [0.3, 0.4) is 0 Å². The molecule has 9 nitrogen and oxygen atoms in total. The van der Waals surface area contributed by atoms with Crippen LogP contribution in [-0.2, 0) is 16.1 Å². The fourth-order valence-electron chi connectivity index (χ4n) is 3.53. The maximum Gasteiger partial charge on any atom is 0.271 e. The molecule has 1 aromatic carbocycles. The summed E-state index contributed by atoms with van der Waals surface area (Å²) in [5.41, 5.74) is 0.0915. The van der Waals surface area contributed by atoms with Crippen molar-refractivity contribution in [3.8, 4) is 5.75 Å². The van der Waals surface area contributed by atoms with Crippen LogP contribution >= 0.6 is 22.9 Å². The van der Waals surface area contributed by atoms with Gasteiger partial charge in [-0.3, -0.25) is 29.5 Å². The van der Waals surface area contributed by atoms with Gasteiger partial charge in [-0.05, 0) is 18.2 Å². The van der Waals surface area contributed by atoms with Crippen molar-refractivity contribution in [3.63, 3.8) is 0 Å². The number of anilines is 1. The Labute approximate surface area is 181 Å². The number of benzene rings is 1. The number of amides is 2. The Kier molecular flexibility index (Phi) is 5.89. The summed E-state index contributed by atoms with van der Waals surface area (Å²) in [6, 6.07) is 7.92. The molecule has 0 unspecified atom stereocenters. The zero-order valence-corrected chi connectivity index (χ0v) is 17.5. The maximum atomic E-state index is 12.8. The van der Waals surface area contributed by atoms with Crippen LogP contribution in [0.4, 0.5) is 11.4 Å². The summed E-state index contributed by atoms with van der Waals surface area (Å²) < 4.78 is 6.11. The van der Waals surface area contributed by atoms with E-state index in [1.54, 1.807) is 16.2 Å². The lowest BCUT2D eigenvalue weighted by molar-refractivity contribution is -0.384. The lowest BCUT2D eigenvalue weighted by Gasteiger charge is -2.36. The third-order valence-corrected chi connectivity index (χ3v) is 6.34. The molecule has 0 aliphatic carbocycles. The third kappa shape index (κ3) is 4.40. The number of hydrogen-bond acceptors (Lipinski definition) is 7. The number of rotatable bonds is 5. The predicted octanol–water partition coefficient (Wildman–Crippen LogP) is 2.38. The lowest BCUT2D eigenvalue weighted by Crippen LogP contribution is -2.52. The minimum absolute atomic E-state index is 0.160. The highest BCUT2D eigenvalue weighted by Gasteiger charge is 2.31. The topological polar surface area (TPSA) is 96.2 Å². The van der Waals surface area contributed by atoms with E-state index in [9.17, 15) is 19.7 Å². The largest absolute Gasteiger partial charge is 0.482 e. The van der Waals surface area contributed by atoms with Crippen LogP contribution in [0.15, 0.2) is 30.3 Å². The molecule has 11 heteroatoms. The van der Waals surface area contributed by atoms with E-state index in [-0.39, 0.29) is 30.4 Å². The number of halogens is 1. The van der Waals surface area contributed by atoms with Gasteiger partial charge in [0.05, 0.1) is 14.9 Å². The van der Waals surface area contributed by atoms with Gasteiger partial charge in [-0.2, -0.15) is 0 Å². The first-order chi connectivity index (χ1) is 14.4. The highest BCUT2D eigenvalue weighted by Crippen LogP contribution is 2.35. The van der Waals surface area contributed by atoms with E-state index in [2.05, 4.69) is 4.90 Å². The van der Waals surface area contributed by atoms with Gasteiger partial charge in [0.2, 0.25) is 5.91 Å². The van der Waals surface area contributed by atoms with Crippen LogP contribution in [0.25, 0.3) is 0 Å². The van der Waals surface area contributed by atoms with Crippen molar-refractivity contribution < 1.29 is 19.2 Å². The van der Waals surface area contributed by atoms with Crippen molar-refractivity contribution >= 4 is 46.1 Å². The van der Waals surface area contributed by atoms with Crippen LogP contribution in [-0.4, -0.2) is 65.9 Å². The molecule has 2 aliphatic heterocycles. The molecule has 0 radical (unpaired) electrons. The molecule has 1 fully saturated rings. The summed E-state index contributed by atoms with van der Waals surface area (Å²) in [4.78, 5) is 42.2. The van der Waals surface area contributed by atoms with Gasteiger partial charge in [-0.1, -0.05) is 11.6 Å². The summed E-state index contributed by atoms with van der Waals surface area (Å²) in [5, 5.41) is 11.1. The van der Waals surface area contributed by atoms with Crippen molar-refractivity contribution in [3.05, 3.63) is 49.7 Å². The monoisotopic (exact) mass is 450 g/mol. The number of carbonyl (C=O) groups is 2. The van der Waals surface area contributed by atoms with E-state index in [1.165, 1.54) is 28.0 Å². The van der Waals surface area contributed by atoms with E-state index >= 15 is 0 Å². The molecular formula is C19H19ClN4O5S. The Morgan fingerprint density at radius 3 is 2.63 bits per heavy atom. The summed E-state index contributed by atoms with van der Waals surface area (Å²) in [5.74, 6) is -0.237. The molecule has 2 aliphatic rings. The molecule has 0 N–H and O–H groups in total. The predicted molar refractivity (Wildman–Crippen MR) is 112 cm³/mol. The molecule has 1 saturated heterocycles. The molecule has 2 aromatic rings. The summed E-state index contributed by atoms with van der Waals surface area (Å²) in [6.07, 6.45) is 0. The first-order valence-corrected chi connectivity index (χ1v) is 10.6. The average Bonchev–Trinajstić information content (AvgIpc) is 3.14. The third-order valence-electron chi connectivity index (χ3n) is 5.12. The normalized spacial score (nSPS) is 16.9. The van der Waals surface area contributed by atoms with Crippen LogP contribution in [0.5, 0.6) is 5.75 Å². The Hall–Kier alpha value is -2.69. The minimum atomic E-state index is -0.542. The highest BCUT2D eigenvalue weighted by atomic mass is 35.5. The quantitative estimate of drug-likeness (QED) is 0.512. The Morgan fingerprint density at radius 2 is 1.97 bits per heavy atom. The van der Waals surface area contributed by atoms with Crippen molar-refractivity contribution in [1.82, 2.24) is 9.80 Å². The SMILES string of the molecule is O=C(CN1C(=O)COc2ccc([N+](=O)[O-])cc21)N1CCN(Cc2ccc(Cl)s2)CC1. The maximum absolute atomic E-state index is 12.8. The fraction of sp³-hybridized carbons (Fsp3) is 0.368. The Balaban J connectivity index is 1.39. The zero-order chi connectivity index (χ0) is 21.3. The minimum Gasteiger partial charge on any atom is -0.482 e. The second-order valence-corrected chi connectivity index (χ2v) is 8.84. The molecule has 2 amide bonds. The Bertz CT molecular complexity index is 989. The van der Waals surface area contributed by atoms with Crippen molar-refractivity contribution in [1.29, 1.82) is 0 Å². The number of thiophene rings is 1. The van der Waals surface area contributed by atoms with Crippen molar-refractivity contribution in [2.45, 2.75) is 6.54 Å². The van der Waals surface area contributed by atoms with Crippen LogP contribution < -0.4 is 9.64 Å². The number of nitro groups is 1. The van der Waals surface area contributed by atoms with Gasteiger partial charge in [0.1, 0.15) is 12.3 Å². The van der Waals surface area contributed by atoms with Gasteiger partial charge >= 0.3 is 0 Å². The average molecular weight is 451 g/mol. The number of nitro benzene ring substituents is 1. The van der Waals surface area contributed by atoms with E-state index < -0.39 is 10.8 Å². The molecule has 0 bridgehead atoms. The lowest BCUT2D eigenvalue weighted by atomic mass is 10.2. The number of non-ortho nitro benzene ring substituents is 1. The van der Waals surface area contributed by atoms with Crippen molar-refractivity contribution in [2.24, 2.45) is 0 Å². The van der Waals surface area contributed by atoms with Crippen molar-refractivity contribution in [2.75, 3.05) is 44.2 Å². The molecule has 4 rings (SSSR count). The standard InChI is InChI=1S/C19H19ClN4O5S/c20-17-4-2-14(30-17)10-21-5-7-22(8-6-21)18(25)11-23-15-9-13(24(27)28)1-3-16(15)29-12-19(23)26/h1-4,9H,5-8,10-12H2. The van der Waals surface area contributed by atoms with E-state index in [1.807, 2.05) is 12.1 Å². The van der Waals surface area contributed by atoms with E-state index in [0.29, 0.717) is 18.8 Å². The van der Waals surface area contributed by atoms with Crippen LogP contribution in [0, 0.1) is 10.1 Å². The number of piperazine rings is 1. The zero-order valence-electron chi connectivity index (χ0n) is 16.0. The Morgan fingerprint density at radius 1 is 1.20 bits per heavy atom. The molecule has 1 aromatic heterocycles. The van der Waals surface area contributed by atoms with Crippen LogP contribution in [0.2, 0.25) is 4.34 Å². The number of hydrogen-bond donors (Lipinski definition) is 0. The molecule has 0 saturated carbocycles. The smallest absolute Gasteiger partial charge is 0.271 e. The number of ether oxygens (including phenoxy) is 1. The molecule has 0 spiro atoms. The molecule has 30 heavy (non-hydrogen) atoms. The summed E-state index contributed by atoms with van der Waals surface area (Å²) in [7, 11) is 0. The van der Waals surface area contributed by atoms with Gasteiger partial charge in [0, 0.05) is 49.7 Å². The second kappa shape index (κ2) is 8.58. The van der Waals surface area contributed by atoms with E-state index in [4.69, 9.17) is 16.3 Å². The number of nitrogens with zero attached hydrogens (tertiary/aromatic N) is 4. The van der Waals surface area contributed by atoms with Gasteiger partial charge in [-0.25, -0.2) is 0 Å². The van der Waals surface area contributed by atoms with Gasteiger partial charge < -0.3 is 9.64 Å². The molecule has 3 heterocycles. The summed E-state index contributed by atoms with van der Waals surface area (Å²) in [6.45, 7) is 2.97. The van der Waals surface area contributed by atoms with Gasteiger partial charge in [0.25, 0.3) is 11.6 Å². The van der Waals surface area contributed by atoms with Gasteiger partial charge in [0.15, 0.2) is 6.61 Å². The number of carbonyl (C=O) groups excluding carboxylic acids is 2. The van der Waals surface area contributed by atoms with Crippen LogP contribution in [0.1, 0.15) is 4.88 Å². The molecule has 0 atom stereocenters. The molecule has 158 valence electrons. The highest BCUT2D eigenvalue weighted by molar-refractivity contribution is 7.16. The number of fused-ring (bicyclic) bond motifs is 1. The fourth-order valence-corrected chi connectivity index (χ4v) is 4.66. The first-order valence-electron chi connectivity index (χ1n) is 9.36. The molecular weight excluding hydrogens is 432 g/mol.